The summed E-state index contributed by atoms with van der Waals surface area (Å²) in [6.07, 6.45) is 4.94. The molecule has 0 bridgehead atoms. The van der Waals surface area contributed by atoms with Crippen LogP contribution in [0.2, 0.25) is 0 Å². The SMILES string of the molecule is C#CCNC(=O)CS(=O)(=O)c1ccc(OC)c(C(=O)O)c1. The number of amides is 1. The number of methoxy groups -OCH3 is 1. The Hall–Kier alpha value is -2.53. The minimum atomic E-state index is -3.97. The fourth-order valence-electron chi connectivity index (χ4n) is 1.50. The number of hydrogen-bond donors (Lipinski definition) is 2. The van der Waals surface area contributed by atoms with E-state index in [1.807, 2.05) is 0 Å². The quantitative estimate of drug-likeness (QED) is 0.711. The summed E-state index contributed by atoms with van der Waals surface area (Å²) in [5, 5.41) is 11.2. The second-order valence-corrected chi connectivity index (χ2v) is 5.90. The first-order valence-corrected chi connectivity index (χ1v) is 7.31. The van der Waals surface area contributed by atoms with E-state index in [-0.39, 0.29) is 22.8 Å². The minimum absolute atomic E-state index is 0.0261. The predicted molar refractivity (Wildman–Crippen MR) is 73.8 cm³/mol. The Balaban J connectivity index is 3.10. The van der Waals surface area contributed by atoms with Gasteiger partial charge in [-0.3, -0.25) is 4.79 Å². The number of ether oxygens (including phenoxy) is 1. The molecular weight excluding hydrogens is 298 g/mol. The Kier molecular flexibility index (Phi) is 5.32. The Morgan fingerprint density at radius 3 is 2.62 bits per heavy atom. The number of benzene rings is 1. The van der Waals surface area contributed by atoms with E-state index in [1.54, 1.807) is 0 Å². The molecule has 0 atom stereocenters. The molecule has 2 N–H and O–H groups in total. The number of rotatable bonds is 6. The zero-order chi connectivity index (χ0) is 16.0. The summed E-state index contributed by atoms with van der Waals surface area (Å²) in [7, 11) is -2.70. The van der Waals surface area contributed by atoms with Crippen molar-refractivity contribution < 1.29 is 27.9 Å². The molecule has 0 aliphatic heterocycles. The van der Waals surface area contributed by atoms with E-state index >= 15 is 0 Å². The van der Waals surface area contributed by atoms with Gasteiger partial charge in [0, 0.05) is 0 Å². The van der Waals surface area contributed by atoms with Crippen LogP contribution in [-0.4, -0.2) is 44.8 Å². The number of carboxylic acids is 1. The molecule has 0 radical (unpaired) electrons. The Bertz CT molecular complexity index is 702. The topological polar surface area (TPSA) is 110 Å². The van der Waals surface area contributed by atoms with Gasteiger partial charge in [-0.05, 0) is 18.2 Å². The van der Waals surface area contributed by atoms with Crippen molar-refractivity contribution in [3.05, 3.63) is 23.8 Å². The third kappa shape index (κ3) is 4.22. The highest BCUT2D eigenvalue weighted by atomic mass is 32.2. The Labute approximate surface area is 121 Å². The van der Waals surface area contributed by atoms with E-state index in [2.05, 4.69) is 11.2 Å². The lowest BCUT2D eigenvalue weighted by Crippen LogP contribution is -2.30. The molecule has 0 aliphatic rings. The smallest absolute Gasteiger partial charge is 0.339 e. The maximum absolute atomic E-state index is 12.0. The molecule has 1 amide bonds. The minimum Gasteiger partial charge on any atom is -0.496 e. The number of carboxylic acid groups (broad SMARTS) is 1. The van der Waals surface area contributed by atoms with Crippen molar-refractivity contribution in [2.75, 3.05) is 19.4 Å². The van der Waals surface area contributed by atoms with E-state index in [1.165, 1.54) is 19.2 Å². The van der Waals surface area contributed by atoms with Crippen LogP contribution in [0.5, 0.6) is 5.75 Å². The molecule has 1 aromatic rings. The van der Waals surface area contributed by atoms with E-state index in [4.69, 9.17) is 16.3 Å². The molecule has 0 spiro atoms. The first kappa shape index (κ1) is 16.5. The number of hydrogen-bond acceptors (Lipinski definition) is 5. The zero-order valence-electron chi connectivity index (χ0n) is 11.1. The van der Waals surface area contributed by atoms with Gasteiger partial charge in [0.2, 0.25) is 5.91 Å². The summed E-state index contributed by atoms with van der Waals surface area (Å²) in [6, 6.07) is 3.34. The largest absolute Gasteiger partial charge is 0.496 e. The van der Waals surface area contributed by atoms with E-state index < -0.39 is 27.5 Å². The summed E-state index contributed by atoms with van der Waals surface area (Å²) in [5.41, 5.74) is -0.303. The van der Waals surface area contributed by atoms with Crippen molar-refractivity contribution in [2.45, 2.75) is 4.90 Å². The maximum atomic E-state index is 12.0. The van der Waals surface area contributed by atoms with Gasteiger partial charge in [0.15, 0.2) is 9.84 Å². The number of carbonyl (C=O) groups excluding carboxylic acids is 1. The van der Waals surface area contributed by atoms with Gasteiger partial charge in [-0.1, -0.05) is 5.92 Å². The second kappa shape index (κ2) is 6.76. The maximum Gasteiger partial charge on any atom is 0.339 e. The molecule has 0 saturated heterocycles. The van der Waals surface area contributed by atoms with E-state index in [0.717, 1.165) is 6.07 Å². The summed E-state index contributed by atoms with van der Waals surface area (Å²) < 4.78 is 28.9. The molecule has 0 saturated carbocycles. The normalized spacial score (nSPS) is 10.5. The molecule has 0 aromatic heterocycles. The summed E-state index contributed by atoms with van der Waals surface area (Å²) in [4.78, 5) is 22.2. The molecule has 0 heterocycles. The number of terminal acetylenes is 1. The molecular formula is C13H13NO6S. The number of sulfone groups is 1. The standard InChI is InChI=1S/C13H13NO6S/c1-3-6-14-12(15)8-21(18,19)9-4-5-11(20-2)10(7-9)13(16)17/h1,4-5,7H,6,8H2,2H3,(H,14,15)(H,16,17). The average molecular weight is 311 g/mol. The summed E-state index contributed by atoms with van der Waals surface area (Å²) >= 11 is 0. The lowest BCUT2D eigenvalue weighted by atomic mass is 10.2. The van der Waals surface area contributed by atoms with Crippen molar-refractivity contribution in [3.8, 4) is 18.1 Å². The van der Waals surface area contributed by atoms with Crippen LogP contribution in [0.25, 0.3) is 0 Å². The van der Waals surface area contributed by atoms with Crippen LogP contribution >= 0.6 is 0 Å². The lowest BCUT2D eigenvalue weighted by molar-refractivity contribution is -0.118. The molecule has 8 heteroatoms. The first-order valence-electron chi connectivity index (χ1n) is 5.66. The number of aromatic carboxylic acids is 1. The van der Waals surface area contributed by atoms with Gasteiger partial charge in [0.05, 0.1) is 18.6 Å². The zero-order valence-corrected chi connectivity index (χ0v) is 11.9. The fraction of sp³-hybridized carbons (Fsp3) is 0.231. The molecule has 1 aromatic carbocycles. The van der Waals surface area contributed by atoms with Crippen molar-refractivity contribution >= 4 is 21.7 Å². The van der Waals surface area contributed by atoms with Crippen molar-refractivity contribution in [3.63, 3.8) is 0 Å². The van der Waals surface area contributed by atoms with Gasteiger partial charge in [-0.15, -0.1) is 6.42 Å². The number of nitrogens with one attached hydrogen (secondary N) is 1. The second-order valence-electron chi connectivity index (χ2n) is 3.91. The van der Waals surface area contributed by atoms with Gasteiger partial charge < -0.3 is 15.2 Å². The lowest BCUT2D eigenvalue weighted by Gasteiger charge is -2.08. The molecule has 0 unspecified atom stereocenters. The predicted octanol–water partition coefficient (Wildman–Crippen LogP) is -0.0835. The molecule has 0 fully saturated rings. The van der Waals surface area contributed by atoms with Crippen LogP contribution in [0.1, 0.15) is 10.4 Å². The third-order valence-electron chi connectivity index (χ3n) is 2.47. The highest BCUT2D eigenvalue weighted by Gasteiger charge is 2.22. The van der Waals surface area contributed by atoms with Crippen LogP contribution < -0.4 is 10.1 Å². The Morgan fingerprint density at radius 1 is 1.43 bits per heavy atom. The highest BCUT2D eigenvalue weighted by molar-refractivity contribution is 7.92. The first-order chi connectivity index (χ1) is 9.81. The van der Waals surface area contributed by atoms with Crippen LogP contribution in [0.3, 0.4) is 0 Å². The third-order valence-corrected chi connectivity index (χ3v) is 4.08. The molecule has 112 valence electrons. The van der Waals surface area contributed by atoms with E-state index in [0.29, 0.717) is 0 Å². The van der Waals surface area contributed by atoms with Crippen LogP contribution in [-0.2, 0) is 14.6 Å². The molecule has 21 heavy (non-hydrogen) atoms. The molecule has 1 rings (SSSR count). The van der Waals surface area contributed by atoms with Gasteiger partial charge in [0.25, 0.3) is 0 Å². The monoisotopic (exact) mass is 311 g/mol. The van der Waals surface area contributed by atoms with Crippen molar-refractivity contribution in [1.29, 1.82) is 0 Å². The van der Waals surface area contributed by atoms with Crippen molar-refractivity contribution in [2.24, 2.45) is 0 Å². The summed E-state index contributed by atoms with van der Waals surface area (Å²) in [5.74, 6) is -0.747. The summed E-state index contributed by atoms with van der Waals surface area (Å²) in [6.45, 7) is -0.0860. The highest BCUT2D eigenvalue weighted by Crippen LogP contribution is 2.23. The van der Waals surface area contributed by atoms with E-state index in [9.17, 15) is 18.0 Å². The van der Waals surface area contributed by atoms with Crippen LogP contribution in [0.4, 0.5) is 0 Å². The fourth-order valence-corrected chi connectivity index (χ4v) is 2.69. The van der Waals surface area contributed by atoms with Crippen molar-refractivity contribution in [1.82, 2.24) is 5.32 Å². The molecule has 7 nitrogen and oxygen atoms in total. The molecule has 0 aliphatic carbocycles. The Morgan fingerprint density at radius 2 is 2.10 bits per heavy atom. The van der Waals surface area contributed by atoms with Crippen LogP contribution in [0.15, 0.2) is 23.1 Å². The van der Waals surface area contributed by atoms with Gasteiger partial charge in [-0.25, -0.2) is 13.2 Å². The van der Waals surface area contributed by atoms with Gasteiger partial charge in [-0.2, -0.15) is 0 Å². The van der Waals surface area contributed by atoms with Gasteiger partial charge >= 0.3 is 5.97 Å². The number of carbonyl (C=O) groups is 2. The van der Waals surface area contributed by atoms with Crippen LogP contribution in [0, 0.1) is 12.3 Å². The van der Waals surface area contributed by atoms with Gasteiger partial charge in [0.1, 0.15) is 17.1 Å². The average Bonchev–Trinajstić information content (AvgIpc) is 2.43.